The van der Waals surface area contributed by atoms with Crippen molar-refractivity contribution in [1.82, 2.24) is 9.96 Å². The van der Waals surface area contributed by atoms with Crippen LogP contribution in [0.25, 0.3) is 0 Å². The van der Waals surface area contributed by atoms with Crippen molar-refractivity contribution >= 4 is 11.9 Å². The molecule has 2 atom stereocenters. The molecular formula is C15H19N3O6. The third kappa shape index (κ3) is 2.77. The Balaban J connectivity index is 1.81. The molecule has 9 heteroatoms. The molecule has 2 aliphatic rings. The molecule has 0 radical (unpaired) electrons. The lowest BCUT2D eigenvalue weighted by atomic mass is 9.90. The monoisotopic (exact) mass is 337 g/mol. The molecule has 0 saturated carbocycles. The summed E-state index contributed by atoms with van der Waals surface area (Å²) < 4.78 is 15.6. The topological polar surface area (TPSA) is 115 Å². The van der Waals surface area contributed by atoms with Gasteiger partial charge in [0.25, 0.3) is 0 Å². The number of carbonyl (C=O) groups excluding carboxylic acids is 2. The number of methoxy groups -OCH3 is 1. The third-order valence-corrected chi connectivity index (χ3v) is 4.14. The van der Waals surface area contributed by atoms with E-state index in [1.165, 1.54) is 4.90 Å². The summed E-state index contributed by atoms with van der Waals surface area (Å²) in [6.45, 7) is 1.11. The zero-order chi connectivity index (χ0) is 17.3. The Morgan fingerprint density at radius 2 is 2.17 bits per heavy atom. The fourth-order valence-corrected chi connectivity index (χ4v) is 3.02. The van der Waals surface area contributed by atoms with E-state index >= 15 is 0 Å². The first-order valence-corrected chi connectivity index (χ1v) is 7.46. The van der Waals surface area contributed by atoms with Gasteiger partial charge in [-0.15, -0.1) is 0 Å². The largest absolute Gasteiger partial charge is 0.468 e. The number of benzene rings is 1. The highest BCUT2D eigenvalue weighted by molar-refractivity contribution is 5.90. The van der Waals surface area contributed by atoms with Crippen LogP contribution in [0, 0.1) is 0 Å². The molecule has 1 fully saturated rings. The van der Waals surface area contributed by atoms with Gasteiger partial charge in [-0.25, -0.2) is 4.79 Å². The number of rotatable bonds is 7. The van der Waals surface area contributed by atoms with Crippen LogP contribution in [0.4, 0.5) is 4.79 Å². The highest BCUT2D eigenvalue weighted by Crippen LogP contribution is 2.43. The molecule has 3 rings (SSSR count). The minimum atomic E-state index is -0.895. The lowest BCUT2D eigenvalue weighted by Crippen LogP contribution is -2.41. The average Bonchev–Trinajstić information content (AvgIpc) is 2.81. The van der Waals surface area contributed by atoms with Crippen molar-refractivity contribution in [2.24, 2.45) is 5.73 Å². The second-order valence-corrected chi connectivity index (χ2v) is 5.55. The summed E-state index contributed by atoms with van der Waals surface area (Å²) in [5, 5.41) is 10.6. The van der Waals surface area contributed by atoms with Gasteiger partial charge in [-0.1, -0.05) is 6.07 Å². The number of hydrogen-bond donors (Lipinski definition) is 2. The number of nitrogens with two attached hydrogens (primary N) is 1. The minimum Gasteiger partial charge on any atom is -0.468 e. The van der Waals surface area contributed by atoms with Gasteiger partial charge >= 0.3 is 6.03 Å². The van der Waals surface area contributed by atoms with E-state index in [1.807, 2.05) is 0 Å². The van der Waals surface area contributed by atoms with Crippen LogP contribution in [0.2, 0.25) is 0 Å². The molecule has 3 N–H and O–H groups in total. The number of urea groups is 1. The van der Waals surface area contributed by atoms with E-state index in [0.29, 0.717) is 35.2 Å². The summed E-state index contributed by atoms with van der Waals surface area (Å²) in [5.74, 6) is -0.134. The highest BCUT2D eigenvalue weighted by Gasteiger charge is 2.49. The summed E-state index contributed by atoms with van der Waals surface area (Å²) in [4.78, 5) is 25.1. The van der Waals surface area contributed by atoms with Crippen LogP contribution in [0.1, 0.15) is 23.2 Å². The number of nitrogens with zero attached hydrogens (tertiary/aromatic N) is 2. The first-order valence-electron chi connectivity index (χ1n) is 7.46. The molecule has 0 aromatic heterocycles. The highest BCUT2D eigenvalue weighted by atomic mass is 16.7. The fourth-order valence-electron chi connectivity index (χ4n) is 3.02. The Bertz CT molecular complexity index is 652. The molecule has 2 bridgehead atoms. The van der Waals surface area contributed by atoms with Crippen LogP contribution in [-0.2, 0) is 14.3 Å². The van der Waals surface area contributed by atoms with Crippen molar-refractivity contribution in [3.05, 3.63) is 29.3 Å². The number of amides is 3. The Morgan fingerprint density at radius 3 is 2.88 bits per heavy atom. The molecule has 0 spiro atoms. The predicted octanol–water partition coefficient (Wildman–Crippen LogP) is 0.394. The molecular weight excluding hydrogens is 318 g/mol. The van der Waals surface area contributed by atoms with Crippen molar-refractivity contribution in [2.75, 3.05) is 33.7 Å². The number of hydroxylamine groups is 2. The molecule has 1 saturated heterocycles. The van der Waals surface area contributed by atoms with Gasteiger partial charge in [-0.05, 0) is 23.3 Å². The van der Waals surface area contributed by atoms with Gasteiger partial charge in [0.1, 0.15) is 17.8 Å². The molecule has 24 heavy (non-hydrogen) atoms. The zero-order valence-corrected chi connectivity index (χ0v) is 13.2. The third-order valence-electron chi connectivity index (χ3n) is 4.14. The summed E-state index contributed by atoms with van der Waals surface area (Å²) in [7, 11) is 1.58. The minimum absolute atomic E-state index is 0.0416. The van der Waals surface area contributed by atoms with Crippen LogP contribution in [-0.4, -0.2) is 60.8 Å². The molecule has 2 heterocycles. The Labute approximate surface area is 138 Å². The van der Waals surface area contributed by atoms with Gasteiger partial charge in [0.15, 0.2) is 6.79 Å². The first-order chi connectivity index (χ1) is 11.5. The average molecular weight is 337 g/mol. The van der Waals surface area contributed by atoms with Crippen molar-refractivity contribution in [3.63, 3.8) is 0 Å². The van der Waals surface area contributed by atoms with Crippen LogP contribution >= 0.6 is 0 Å². The quantitative estimate of drug-likeness (QED) is 0.423. The summed E-state index contributed by atoms with van der Waals surface area (Å²) in [6.07, 6.45) is 0. The molecule has 1 aromatic rings. The fraction of sp³-hybridized carbons (Fsp3) is 0.467. The van der Waals surface area contributed by atoms with E-state index in [0.717, 1.165) is 0 Å². The number of ether oxygens (including phenoxy) is 3. The van der Waals surface area contributed by atoms with E-state index in [1.54, 1.807) is 25.3 Å². The predicted molar refractivity (Wildman–Crippen MR) is 80.2 cm³/mol. The number of primary amides is 1. The van der Waals surface area contributed by atoms with Gasteiger partial charge in [-0.3, -0.25) is 10.0 Å². The van der Waals surface area contributed by atoms with E-state index in [-0.39, 0.29) is 13.3 Å². The summed E-state index contributed by atoms with van der Waals surface area (Å²) >= 11 is 0. The molecule has 2 unspecified atom stereocenters. The Morgan fingerprint density at radius 1 is 1.38 bits per heavy atom. The van der Waals surface area contributed by atoms with Crippen LogP contribution in [0.15, 0.2) is 18.2 Å². The number of fused-ring (bicyclic) bond motifs is 4. The normalized spacial score (nSPS) is 21.8. The van der Waals surface area contributed by atoms with Crippen LogP contribution in [0.3, 0.4) is 0 Å². The van der Waals surface area contributed by atoms with E-state index in [9.17, 15) is 14.8 Å². The van der Waals surface area contributed by atoms with Gasteiger partial charge in [0, 0.05) is 7.11 Å². The zero-order valence-electron chi connectivity index (χ0n) is 13.2. The standard InChI is InChI=1S/C15H19N3O6/c1-22-4-5-23-8-24-9-2-3-10-11(6-9)12-7-17(13(10)14(16)19)15(20)18(12)21/h2-3,6,12-13,21H,4-5,7-8H2,1H3,(H2,16,19). The van der Waals surface area contributed by atoms with Crippen molar-refractivity contribution < 1.29 is 29.0 Å². The van der Waals surface area contributed by atoms with Crippen LogP contribution < -0.4 is 10.5 Å². The van der Waals surface area contributed by atoms with Gasteiger partial charge in [0.2, 0.25) is 5.91 Å². The number of hydrogen-bond acceptors (Lipinski definition) is 6. The van der Waals surface area contributed by atoms with E-state index < -0.39 is 24.0 Å². The number of carbonyl (C=O) groups is 2. The molecule has 1 aromatic carbocycles. The van der Waals surface area contributed by atoms with Crippen molar-refractivity contribution in [3.8, 4) is 5.75 Å². The molecule has 2 aliphatic heterocycles. The van der Waals surface area contributed by atoms with Crippen molar-refractivity contribution in [2.45, 2.75) is 12.1 Å². The Kier molecular flexibility index (Phi) is 4.56. The molecule has 9 nitrogen and oxygen atoms in total. The van der Waals surface area contributed by atoms with E-state index in [2.05, 4.69) is 0 Å². The lowest BCUT2D eigenvalue weighted by molar-refractivity contribution is -0.122. The molecule has 130 valence electrons. The van der Waals surface area contributed by atoms with Crippen molar-refractivity contribution in [1.29, 1.82) is 0 Å². The van der Waals surface area contributed by atoms with E-state index in [4.69, 9.17) is 19.9 Å². The smallest absolute Gasteiger partial charge is 0.345 e. The Hall–Kier alpha value is -2.36. The maximum atomic E-state index is 12.1. The summed E-state index contributed by atoms with van der Waals surface area (Å²) in [6, 6.07) is 2.96. The lowest BCUT2D eigenvalue weighted by Gasteiger charge is -2.30. The second-order valence-electron chi connectivity index (χ2n) is 5.55. The summed E-state index contributed by atoms with van der Waals surface area (Å²) in [5.41, 5.74) is 6.67. The maximum Gasteiger partial charge on any atom is 0.345 e. The maximum absolute atomic E-state index is 12.1. The first kappa shape index (κ1) is 16.5. The SMILES string of the molecule is COCCOCOc1ccc2c(c1)C1CN(C(=O)N1O)C2C(N)=O. The van der Waals surface area contributed by atoms with Crippen LogP contribution in [0.5, 0.6) is 5.75 Å². The molecule has 3 amide bonds. The molecule has 0 aliphatic carbocycles. The van der Waals surface area contributed by atoms with Gasteiger partial charge < -0.3 is 24.8 Å². The van der Waals surface area contributed by atoms with Gasteiger partial charge in [0.05, 0.1) is 19.8 Å². The van der Waals surface area contributed by atoms with Gasteiger partial charge in [-0.2, -0.15) is 5.06 Å². The second kappa shape index (κ2) is 6.63.